The van der Waals surface area contributed by atoms with Crippen LogP contribution >= 0.6 is 11.8 Å². The maximum atomic E-state index is 10.8. The Balaban J connectivity index is 2.69. The first-order valence-electron chi connectivity index (χ1n) is 4.49. The summed E-state index contributed by atoms with van der Waals surface area (Å²) in [6.45, 7) is 3.52. The van der Waals surface area contributed by atoms with Crippen LogP contribution in [0, 0.1) is 0 Å². The molecule has 1 rings (SSSR count). The summed E-state index contributed by atoms with van der Waals surface area (Å²) in [5.74, 6) is -0.890. The Hall–Kier alpha value is -1.48. The van der Waals surface area contributed by atoms with Gasteiger partial charge in [-0.1, -0.05) is 36.0 Å². The van der Waals surface area contributed by atoms with E-state index in [1.54, 1.807) is 11.5 Å². The molecule has 0 amide bonds. The fourth-order valence-electron chi connectivity index (χ4n) is 0.980. The third-order valence-corrected chi connectivity index (χ3v) is 2.67. The minimum absolute atomic E-state index is 0.360. The maximum Gasteiger partial charge on any atom is 0.332 e. The van der Waals surface area contributed by atoms with Gasteiger partial charge in [-0.05, 0) is 24.0 Å². The molecule has 1 N–H and O–H groups in total. The normalized spacial score (nSPS) is 11.1. The first kappa shape index (κ1) is 11.6. The lowest BCUT2D eigenvalue weighted by Crippen LogP contribution is -1.98. The predicted octanol–water partition coefficient (Wildman–Crippen LogP) is 3.32. The predicted molar refractivity (Wildman–Crippen MR) is 62.8 cm³/mol. The average Bonchev–Trinajstić information content (AvgIpc) is 2.25. The van der Waals surface area contributed by atoms with Crippen LogP contribution in [0.2, 0.25) is 0 Å². The zero-order valence-corrected chi connectivity index (χ0v) is 9.04. The summed E-state index contributed by atoms with van der Waals surface area (Å²) in [5, 5.41) is 10.5. The molecular formula is C12H12O2S. The number of aliphatic carboxylic acids is 1. The molecule has 1 aromatic carbocycles. The van der Waals surface area contributed by atoms with Gasteiger partial charge in [-0.2, -0.15) is 0 Å². The molecule has 0 saturated heterocycles. The molecule has 0 spiro atoms. The van der Waals surface area contributed by atoms with E-state index in [9.17, 15) is 4.79 Å². The van der Waals surface area contributed by atoms with Crippen molar-refractivity contribution in [2.75, 3.05) is 0 Å². The van der Waals surface area contributed by atoms with Crippen molar-refractivity contribution in [2.45, 2.75) is 11.3 Å². The van der Waals surface area contributed by atoms with E-state index in [0.29, 0.717) is 12.0 Å². The number of allylic oxidation sites excluding steroid dienone is 1. The number of hydrogen-bond acceptors (Lipinski definition) is 2. The molecule has 0 unspecified atom stereocenters. The number of benzene rings is 1. The van der Waals surface area contributed by atoms with Gasteiger partial charge >= 0.3 is 5.97 Å². The molecule has 0 aliphatic rings. The van der Waals surface area contributed by atoms with Gasteiger partial charge in [-0.3, -0.25) is 0 Å². The molecule has 0 aromatic heterocycles. The first-order chi connectivity index (χ1) is 7.24. The molecule has 0 radical (unpaired) electrons. The summed E-state index contributed by atoms with van der Waals surface area (Å²) in [5.41, 5.74) is 0.360. The fraction of sp³-hybridized carbons (Fsp3) is 0.0833. The molecule has 0 bridgehead atoms. The van der Waals surface area contributed by atoms with E-state index >= 15 is 0 Å². The van der Waals surface area contributed by atoms with E-state index in [1.165, 1.54) is 11.8 Å². The average molecular weight is 220 g/mol. The summed E-state index contributed by atoms with van der Waals surface area (Å²) in [6.07, 6.45) is 1.97. The Morgan fingerprint density at radius 2 is 2.07 bits per heavy atom. The molecular weight excluding hydrogens is 208 g/mol. The van der Waals surface area contributed by atoms with E-state index in [2.05, 4.69) is 6.58 Å². The van der Waals surface area contributed by atoms with Crippen LogP contribution in [0.4, 0.5) is 0 Å². The number of carbonyl (C=O) groups is 1. The Bertz CT molecular complexity index is 368. The van der Waals surface area contributed by atoms with Crippen LogP contribution in [0.5, 0.6) is 0 Å². The van der Waals surface area contributed by atoms with Gasteiger partial charge in [-0.15, -0.1) is 6.58 Å². The van der Waals surface area contributed by atoms with Gasteiger partial charge < -0.3 is 5.11 Å². The van der Waals surface area contributed by atoms with Crippen molar-refractivity contribution in [1.29, 1.82) is 0 Å². The molecule has 0 atom stereocenters. The van der Waals surface area contributed by atoms with Crippen molar-refractivity contribution in [3.63, 3.8) is 0 Å². The SMILES string of the molecule is C=CC/C(=C/Sc1ccccc1)C(=O)O. The molecule has 0 fully saturated rings. The molecule has 0 aliphatic carbocycles. The molecule has 0 heterocycles. The van der Waals surface area contributed by atoms with Crippen molar-refractivity contribution < 1.29 is 9.90 Å². The first-order valence-corrected chi connectivity index (χ1v) is 5.37. The third kappa shape index (κ3) is 4.04. The topological polar surface area (TPSA) is 37.3 Å². The van der Waals surface area contributed by atoms with Crippen molar-refractivity contribution in [3.05, 3.63) is 54.0 Å². The quantitative estimate of drug-likeness (QED) is 0.470. The highest BCUT2D eigenvalue weighted by Crippen LogP contribution is 2.21. The Morgan fingerprint density at radius 3 is 2.60 bits per heavy atom. The summed E-state index contributed by atoms with van der Waals surface area (Å²) in [4.78, 5) is 11.8. The monoisotopic (exact) mass is 220 g/mol. The third-order valence-electron chi connectivity index (χ3n) is 1.72. The van der Waals surface area contributed by atoms with Crippen LogP contribution in [-0.4, -0.2) is 11.1 Å². The lowest BCUT2D eigenvalue weighted by atomic mass is 10.2. The number of thioether (sulfide) groups is 1. The minimum atomic E-state index is -0.890. The van der Waals surface area contributed by atoms with Crippen molar-refractivity contribution in [3.8, 4) is 0 Å². The number of carboxylic acid groups (broad SMARTS) is 1. The fourth-order valence-corrected chi connectivity index (χ4v) is 1.77. The highest BCUT2D eigenvalue weighted by atomic mass is 32.2. The zero-order chi connectivity index (χ0) is 11.1. The Morgan fingerprint density at radius 1 is 1.40 bits per heavy atom. The number of carboxylic acids is 1. The van der Waals surface area contributed by atoms with Gasteiger partial charge in [-0.25, -0.2) is 4.79 Å². The molecule has 2 nitrogen and oxygen atoms in total. The highest BCUT2D eigenvalue weighted by Gasteiger charge is 2.04. The van der Waals surface area contributed by atoms with E-state index < -0.39 is 5.97 Å². The summed E-state index contributed by atoms with van der Waals surface area (Å²) < 4.78 is 0. The van der Waals surface area contributed by atoms with Gasteiger partial charge in [0.15, 0.2) is 0 Å². The van der Waals surface area contributed by atoms with Gasteiger partial charge in [0.25, 0.3) is 0 Å². The molecule has 3 heteroatoms. The minimum Gasteiger partial charge on any atom is -0.478 e. The Labute approximate surface area is 93.3 Å². The van der Waals surface area contributed by atoms with Crippen molar-refractivity contribution >= 4 is 17.7 Å². The van der Waals surface area contributed by atoms with Gasteiger partial charge in [0, 0.05) is 10.5 Å². The lowest BCUT2D eigenvalue weighted by Gasteiger charge is -1.98. The maximum absolute atomic E-state index is 10.8. The lowest BCUT2D eigenvalue weighted by molar-refractivity contribution is -0.132. The number of rotatable bonds is 5. The van der Waals surface area contributed by atoms with Crippen molar-refractivity contribution in [1.82, 2.24) is 0 Å². The van der Waals surface area contributed by atoms with Crippen LogP contribution in [0.1, 0.15) is 6.42 Å². The Kier molecular flexibility index (Phi) is 4.71. The van der Waals surface area contributed by atoms with Crippen LogP contribution in [-0.2, 0) is 4.79 Å². The second-order valence-electron chi connectivity index (χ2n) is 2.87. The molecule has 15 heavy (non-hydrogen) atoms. The zero-order valence-electron chi connectivity index (χ0n) is 8.22. The summed E-state index contributed by atoms with van der Waals surface area (Å²) >= 11 is 1.41. The van der Waals surface area contributed by atoms with Gasteiger partial charge in [0.2, 0.25) is 0 Å². The standard InChI is InChI=1S/C12H12O2S/c1-2-6-10(12(13)14)9-15-11-7-4-3-5-8-11/h2-5,7-9H,1,6H2,(H,13,14)/b10-9-. The second kappa shape index (κ2) is 6.09. The van der Waals surface area contributed by atoms with Crippen LogP contribution in [0.25, 0.3) is 0 Å². The van der Waals surface area contributed by atoms with E-state index in [0.717, 1.165) is 4.90 Å². The summed E-state index contributed by atoms with van der Waals surface area (Å²) in [6, 6.07) is 9.65. The summed E-state index contributed by atoms with van der Waals surface area (Å²) in [7, 11) is 0. The molecule has 0 aliphatic heterocycles. The second-order valence-corrected chi connectivity index (χ2v) is 3.81. The van der Waals surface area contributed by atoms with Gasteiger partial charge in [0.05, 0.1) is 0 Å². The molecule has 0 saturated carbocycles. The van der Waals surface area contributed by atoms with E-state index in [4.69, 9.17) is 5.11 Å². The highest BCUT2D eigenvalue weighted by molar-refractivity contribution is 8.02. The van der Waals surface area contributed by atoms with E-state index in [1.807, 2.05) is 30.3 Å². The molecule has 78 valence electrons. The van der Waals surface area contributed by atoms with E-state index in [-0.39, 0.29) is 0 Å². The molecule has 1 aromatic rings. The smallest absolute Gasteiger partial charge is 0.332 e. The van der Waals surface area contributed by atoms with Crippen LogP contribution < -0.4 is 0 Å². The van der Waals surface area contributed by atoms with Crippen LogP contribution in [0.3, 0.4) is 0 Å². The van der Waals surface area contributed by atoms with Crippen LogP contribution in [0.15, 0.2) is 58.9 Å². The largest absolute Gasteiger partial charge is 0.478 e. The number of hydrogen-bond donors (Lipinski definition) is 1. The van der Waals surface area contributed by atoms with Crippen molar-refractivity contribution in [2.24, 2.45) is 0 Å². The van der Waals surface area contributed by atoms with Gasteiger partial charge in [0.1, 0.15) is 0 Å².